The van der Waals surface area contributed by atoms with Crippen LogP contribution in [-0.4, -0.2) is 15.6 Å². The van der Waals surface area contributed by atoms with E-state index < -0.39 is 5.41 Å². The standard InChI is InChI=1S/C16H17N3O/c1-19-14-7-3-2-6-12(14)13(18-19)10-16(11-17)9-5-4-8-15(16)20/h2-3,6-7H,4-5,8-10H2,1H3. The molecule has 3 rings (SSSR count). The zero-order valence-corrected chi connectivity index (χ0v) is 11.6. The maximum absolute atomic E-state index is 12.2. The predicted octanol–water partition coefficient (Wildman–Crippen LogP) is 2.77. The van der Waals surface area contributed by atoms with Gasteiger partial charge in [0.05, 0.1) is 17.3 Å². The Kier molecular flexibility index (Phi) is 3.06. The number of hydrogen-bond donors (Lipinski definition) is 0. The summed E-state index contributed by atoms with van der Waals surface area (Å²) in [7, 11) is 1.90. The highest BCUT2D eigenvalue weighted by Gasteiger charge is 2.41. The third-order valence-electron chi connectivity index (χ3n) is 4.31. The molecule has 4 heteroatoms. The Labute approximate surface area is 118 Å². The third-order valence-corrected chi connectivity index (χ3v) is 4.31. The second-order valence-electron chi connectivity index (χ2n) is 5.59. The molecule has 4 nitrogen and oxygen atoms in total. The Morgan fingerprint density at radius 3 is 2.95 bits per heavy atom. The number of carbonyl (C=O) groups excluding carboxylic acids is 1. The summed E-state index contributed by atoms with van der Waals surface area (Å²) in [4.78, 5) is 12.2. The van der Waals surface area contributed by atoms with Crippen molar-refractivity contribution in [2.24, 2.45) is 12.5 Å². The molecule has 0 amide bonds. The van der Waals surface area contributed by atoms with Crippen molar-refractivity contribution in [1.82, 2.24) is 9.78 Å². The van der Waals surface area contributed by atoms with Crippen molar-refractivity contribution in [3.05, 3.63) is 30.0 Å². The lowest BCUT2D eigenvalue weighted by molar-refractivity contribution is -0.128. The summed E-state index contributed by atoms with van der Waals surface area (Å²) >= 11 is 0. The first-order valence-corrected chi connectivity index (χ1v) is 7.01. The molecule has 1 heterocycles. The zero-order chi connectivity index (χ0) is 14.2. The van der Waals surface area contributed by atoms with Crippen LogP contribution in [0.15, 0.2) is 24.3 Å². The van der Waals surface area contributed by atoms with E-state index in [9.17, 15) is 10.1 Å². The van der Waals surface area contributed by atoms with Crippen molar-refractivity contribution in [2.75, 3.05) is 0 Å². The molecule has 1 fully saturated rings. The highest BCUT2D eigenvalue weighted by Crippen LogP contribution is 2.37. The lowest BCUT2D eigenvalue weighted by Gasteiger charge is -2.28. The van der Waals surface area contributed by atoms with Crippen molar-refractivity contribution in [3.63, 3.8) is 0 Å². The molecule has 2 aromatic rings. The molecule has 1 unspecified atom stereocenters. The van der Waals surface area contributed by atoms with E-state index in [1.54, 1.807) is 0 Å². The molecule has 1 aromatic carbocycles. The SMILES string of the molecule is Cn1nc(CC2(C#N)CCCCC2=O)c2ccccc21. The Morgan fingerprint density at radius 1 is 1.40 bits per heavy atom. The van der Waals surface area contributed by atoms with Crippen molar-refractivity contribution in [2.45, 2.75) is 32.1 Å². The normalized spacial score (nSPS) is 22.9. The van der Waals surface area contributed by atoms with Gasteiger partial charge >= 0.3 is 0 Å². The first kappa shape index (κ1) is 12.9. The molecule has 0 radical (unpaired) electrons. The van der Waals surface area contributed by atoms with Crippen LogP contribution in [0.5, 0.6) is 0 Å². The Bertz CT molecular complexity index is 710. The molecule has 1 atom stereocenters. The molecule has 1 aliphatic rings. The number of nitriles is 1. The number of benzene rings is 1. The van der Waals surface area contributed by atoms with Crippen LogP contribution in [0.4, 0.5) is 0 Å². The van der Waals surface area contributed by atoms with Crippen LogP contribution in [0.3, 0.4) is 0 Å². The molecular formula is C16H17N3O. The van der Waals surface area contributed by atoms with Gasteiger partial charge in [0, 0.05) is 25.3 Å². The number of hydrogen-bond acceptors (Lipinski definition) is 3. The van der Waals surface area contributed by atoms with Crippen molar-refractivity contribution < 1.29 is 4.79 Å². The summed E-state index contributed by atoms with van der Waals surface area (Å²) in [6.07, 6.45) is 3.48. The van der Waals surface area contributed by atoms with Crippen LogP contribution in [0.2, 0.25) is 0 Å². The minimum absolute atomic E-state index is 0.0842. The number of nitrogens with zero attached hydrogens (tertiary/aromatic N) is 3. The fourth-order valence-corrected chi connectivity index (χ4v) is 3.14. The third kappa shape index (κ3) is 1.90. The van der Waals surface area contributed by atoms with E-state index in [-0.39, 0.29) is 5.78 Å². The smallest absolute Gasteiger partial charge is 0.153 e. The summed E-state index contributed by atoms with van der Waals surface area (Å²) < 4.78 is 1.82. The van der Waals surface area contributed by atoms with Crippen LogP contribution < -0.4 is 0 Å². The monoisotopic (exact) mass is 267 g/mol. The van der Waals surface area contributed by atoms with Gasteiger partial charge in [-0.05, 0) is 18.9 Å². The minimum Gasteiger partial charge on any atom is -0.298 e. The molecule has 20 heavy (non-hydrogen) atoms. The number of Topliss-reactive ketones (excluding diaryl/α,β-unsaturated/α-hetero) is 1. The van der Waals surface area contributed by atoms with E-state index in [2.05, 4.69) is 11.2 Å². The number of carbonyl (C=O) groups is 1. The molecule has 0 saturated heterocycles. The van der Waals surface area contributed by atoms with Gasteiger partial charge < -0.3 is 0 Å². The summed E-state index contributed by atoms with van der Waals surface area (Å²) in [5.74, 6) is 0.0842. The average Bonchev–Trinajstić information content (AvgIpc) is 2.79. The molecule has 1 saturated carbocycles. The molecule has 0 bridgehead atoms. The molecule has 102 valence electrons. The van der Waals surface area contributed by atoms with E-state index in [0.717, 1.165) is 29.4 Å². The molecule has 1 aliphatic carbocycles. The minimum atomic E-state index is -0.866. The molecular weight excluding hydrogens is 250 g/mol. The number of aromatic nitrogens is 2. The van der Waals surface area contributed by atoms with Gasteiger partial charge in [0.25, 0.3) is 0 Å². The lowest BCUT2D eigenvalue weighted by atomic mass is 9.71. The van der Waals surface area contributed by atoms with E-state index in [4.69, 9.17) is 0 Å². The van der Waals surface area contributed by atoms with Crippen LogP contribution >= 0.6 is 0 Å². The van der Waals surface area contributed by atoms with Crippen molar-refractivity contribution >= 4 is 16.7 Å². The van der Waals surface area contributed by atoms with Crippen LogP contribution in [0.25, 0.3) is 10.9 Å². The number of para-hydroxylation sites is 1. The van der Waals surface area contributed by atoms with Gasteiger partial charge in [-0.2, -0.15) is 10.4 Å². The highest BCUT2D eigenvalue weighted by molar-refractivity contribution is 5.89. The Morgan fingerprint density at radius 2 is 2.20 bits per heavy atom. The van der Waals surface area contributed by atoms with Gasteiger partial charge in [0.15, 0.2) is 5.78 Å². The number of rotatable bonds is 2. The van der Waals surface area contributed by atoms with Gasteiger partial charge in [-0.1, -0.05) is 24.6 Å². The van der Waals surface area contributed by atoms with Gasteiger partial charge in [0.2, 0.25) is 0 Å². The van der Waals surface area contributed by atoms with Gasteiger partial charge in [0.1, 0.15) is 5.41 Å². The number of fused-ring (bicyclic) bond motifs is 1. The second-order valence-corrected chi connectivity index (χ2v) is 5.59. The number of ketones is 1. The molecule has 0 spiro atoms. The van der Waals surface area contributed by atoms with Gasteiger partial charge in [-0.3, -0.25) is 9.48 Å². The van der Waals surface area contributed by atoms with Crippen molar-refractivity contribution in [1.29, 1.82) is 5.26 Å². The van der Waals surface area contributed by atoms with Crippen LogP contribution in [0, 0.1) is 16.7 Å². The fourth-order valence-electron chi connectivity index (χ4n) is 3.14. The fraction of sp³-hybridized carbons (Fsp3) is 0.438. The average molecular weight is 267 g/mol. The van der Waals surface area contributed by atoms with E-state index >= 15 is 0 Å². The summed E-state index contributed by atoms with van der Waals surface area (Å²) in [6.45, 7) is 0. The summed E-state index contributed by atoms with van der Waals surface area (Å²) in [6, 6.07) is 10.2. The van der Waals surface area contributed by atoms with Gasteiger partial charge in [-0.15, -0.1) is 0 Å². The molecule has 0 aliphatic heterocycles. The summed E-state index contributed by atoms with van der Waals surface area (Å²) in [5.41, 5.74) is 1.04. The maximum atomic E-state index is 12.2. The Balaban J connectivity index is 2.04. The second kappa shape index (κ2) is 4.75. The zero-order valence-electron chi connectivity index (χ0n) is 11.6. The topological polar surface area (TPSA) is 58.7 Å². The van der Waals surface area contributed by atoms with E-state index in [1.165, 1.54) is 0 Å². The Hall–Kier alpha value is -2.15. The van der Waals surface area contributed by atoms with E-state index in [1.807, 2.05) is 36.0 Å². The lowest BCUT2D eigenvalue weighted by Crippen LogP contribution is -2.35. The molecule has 1 aromatic heterocycles. The summed E-state index contributed by atoms with van der Waals surface area (Å²) in [5, 5.41) is 15.1. The quantitative estimate of drug-likeness (QED) is 0.840. The molecule has 0 N–H and O–H groups in total. The first-order chi connectivity index (χ1) is 9.66. The number of aryl methyl sites for hydroxylation is 1. The van der Waals surface area contributed by atoms with Crippen LogP contribution in [0.1, 0.15) is 31.4 Å². The van der Waals surface area contributed by atoms with E-state index in [0.29, 0.717) is 19.3 Å². The first-order valence-electron chi connectivity index (χ1n) is 7.01. The van der Waals surface area contributed by atoms with Crippen LogP contribution in [-0.2, 0) is 18.3 Å². The van der Waals surface area contributed by atoms with Gasteiger partial charge in [-0.25, -0.2) is 0 Å². The van der Waals surface area contributed by atoms with Crippen molar-refractivity contribution in [3.8, 4) is 6.07 Å². The predicted molar refractivity (Wildman–Crippen MR) is 75.9 cm³/mol. The largest absolute Gasteiger partial charge is 0.298 e. The highest BCUT2D eigenvalue weighted by atomic mass is 16.1. The maximum Gasteiger partial charge on any atom is 0.153 e.